The van der Waals surface area contributed by atoms with E-state index in [4.69, 9.17) is 14.2 Å². The first kappa shape index (κ1) is 21.7. The number of rotatable bonds is 9. The van der Waals surface area contributed by atoms with Crippen molar-refractivity contribution in [1.82, 2.24) is 0 Å². The first-order chi connectivity index (χ1) is 15.3. The van der Waals surface area contributed by atoms with Gasteiger partial charge in [0, 0.05) is 11.3 Å². The maximum atomic E-state index is 6.27. The van der Waals surface area contributed by atoms with Crippen molar-refractivity contribution >= 4 is 17.8 Å². The molecule has 1 aliphatic rings. The number of ether oxygens (including phenoxy) is 3. The lowest BCUT2D eigenvalue weighted by Gasteiger charge is -2.19. The van der Waals surface area contributed by atoms with E-state index in [1.807, 2.05) is 36.4 Å². The molecule has 1 heterocycles. The molecule has 0 radical (unpaired) electrons. The summed E-state index contributed by atoms with van der Waals surface area (Å²) in [4.78, 5) is 1.26. The van der Waals surface area contributed by atoms with E-state index in [0.717, 1.165) is 28.9 Å². The Labute approximate surface area is 189 Å². The third-order valence-corrected chi connectivity index (χ3v) is 6.01. The summed E-state index contributed by atoms with van der Waals surface area (Å²) < 4.78 is 18.5. The van der Waals surface area contributed by atoms with Crippen LogP contribution < -0.4 is 0 Å². The summed E-state index contributed by atoms with van der Waals surface area (Å²) in [5, 5.41) is 0. The number of hydrogen-bond donors (Lipinski definition) is 0. The minimum absolute atomic E-state index is 0.0345. The first-order valence-corrected chi connectivity index (χ1v) is 11.8. The van der Waals surface area contributed by atoms with Crippen LogP contribution in [0.2, 0.25) is 0 Å². The Hall–Kier alpha value is -2.53. The molecule has 3 aromatic rings. The highest BCUT2D eigenvalue weighted by Gasteiger charge is 2.33. The van der Waals surface area contributed by atoms with Crippen molar-refractivity contribution in [3.63, 3.8) is 0 Å². The predicted molar refractivity (Wildman–Crippen MR) is 127 cm³/mol. The largest absolute Gasteiger partial charge is 0.489 e. The van der Waals surface area contributed by atoms with Gasteiger partial charge in [0.25, 0.3) is 0 Å². The number of benzene rings is 3. The summed E-state index contributed by atoms with van der Waals surface area (Å²) in [7, 11) is 0. The fourth-order valence-electron chi connectivity index (χ4n) is 3.58. The van der Waals surface area contributed by atoms with E-state index in [-0.39, 0.29) is 12.2 Å². The first-order valence-electron chi connectivity index (χ1n) is 10.6. The Morgan fingerprint density at radius 3 is 2.16 bits per heavy atom. The van der Waals surface area contributed by atoms with E-state index < -0.39 is 0 Å². The molecule has 0 saturated carbocycles. The fraction of sp³-hybridized carbons (Fsp3) is 0.259. The summed E-state index contributed by atoms with van der Waals surface area (Å²) in [6.45, 7) is 1.64. The van der Waals surface area contributed by atoms with E-state index in [1.54, 1.807) is 11.8 Å². The van der Waals surface area contributed by atoms with Gasteiger partial charge in [-0.2, -0.15) is 0 Å². The summed E-state index contributed by atoms with van der Waals surface area (Å²) in [5.41, 5.74) is 3.46. The molecule has 3 aromatic carbocycles. The molecular weight excluding hydrogens is 404 g/mol. The van der Waals surface area contributed by atoms with E-state index in [0.29, 0.717) is 19.8 Å². The molecule has 0 unspecified atom stereocenters. The van der Waals surface area contributed by atoms with Gasteiger partial charge >= 0.3 is 0 Å². The van der Waals surface area contributed by atoms with E-state index in [1.165, 1.54) is 4.90 Å². The molecule has 0 spiro atoms. The second-order valence-electron chi connectivity index (χ2n) is 7.58. The molecule has 0 aromatic heterocycles. The van der Waals surface area contributed by atoms with Crippen LogP contribution in [0.1, 0.15) is 23.1 Å². The van der Waals surface area contributed by atoms with Gasteiger partial charge in [-0.1, -0.05) is 72.8 Å². The van der Waals surface area contributed by atoms with Crippen molar-refractivity contribution in [2.24, 2.45) is 0 Å². The maximum Gasteiger partial charge on any atom is 0.148 e. The Morgan fingerprint density at radius 1 is 0.871 bits per heavy atom. The molecule has 0 aliphatic carbocycles. The second kappa shape index (κ2) is 11.2. The van der Waals surface area contributed by atoms with E-state index >= 15 is 0 Å². The molecule has 0 bridgehead atoms. The van der Waals surface area contributed by atoms with Crippen LogP contribution in [0.3, 0.4) is 0 Å². The molecule has 3 nitrogen and oxygen atoms in total. The highest BCUT2D eigenvalue weighted by atomic mass is 32.2. The van der Waals surface area contributed by atoms with Crippen molar-refractivity contribution in [3.8, 4) is 0 Å². The predicted octanol–water partition coefficient (Wildman–Crippen LogP) is 6.34. The molecule has 2 atom stereocenters. The molecule has 1 aliphatic heterocycles. The van der Waals surface area contributed by atoms with Crippen LogP contribution in [0.4, 0.5) is 0 Å². The summed E-state index contributed by atoms with van der Waals surface area (Å²) in [5.74, 6) is 0.947. The van der Waals surface area contributed by atoms with Gasteiger partial charge in [0.1, 0.15) is 12.2 Å². The van der Waals surface area contributed by atoms with Crippen molar-refractivity contribution < 1.29 is 14.2 Å². The SMILES string of the molecule is CSc1ccc(/C=C2/C[C@H](OCc3ccccc3)[C@@H](COCc3ccccc3)O2)cc1. The number of hydrogen-bond acceptors (Lipinski definition) is 4. The van der Waals surface area contributed by atoms with Crippen LogP contribution >= 0.6 is 11.8 Å². The van der Waals surface area contributed by atoms with Gasteiger partial charge in [-0.25, -0.2) is 0 Å². The quantitative estimate of drug-likeness (QED) is 0.369. The Kier molecular flexibility index (Phi) is 7.83. The third kappa shape index (κ3) is 6.47. The fourth-order valence-corrected chi connectivity index (χ4v) is 3.99. The van der Waals surface area contributed by atoms with Gasteiger partial charge in [0.2, 0.25) is 0 Å². The minimum atomic E-state index is -0.121. The van der Waals surface area contributed by atoms with Gasteiger partial charge in [-0.15, -0.1) is 11.8 Å². The molecule has 31 heavy (non-hydrogen) atoms. The van der Waals surface area contributed by atoms with Crippen LogP contribution in [-0.4, -0.2) is 25.1 Å². The molecule has 4 heteroatoms. The highest BCUT2D eigenvalue weighted by Crippen LogP contribution is 2.29. The minimum Gasteiger partial charge on any atom is -0.489 e. The topological polar surface area (TPSA) is 27.7 Å². The molecule has 1 saturated heterocycles. The molecule has 4 rings (SSSR count). The zero-order valence-corrected chi connectivity index (χ0v) is 18.6. The lowest BCUT2D eigenvalue weighted by atomic mass is 10.1. The average Bonchev–Trinajstić information content (AvgIpc) is 3.21. The van der Waals surface area contributed by atoms with Crippen LogP contribution in [0.25, 0.3) is 6.08 Å². The van der Waals surface area contributed by atoms with Gasteiger partial charge in [0.05, 0.1) is 25.6 Å². The summed E-state index contributed by atoms with van der Waals surface area (Å²) in [6.07, 6.45) is 4.79. The highest BCUT2D eigenvalue weighted by molar-refractivity contribution is 7.98. The molecule has 0 N–H and O–H groups in total. The van der Waals surface area contributed by atoms with Crippen LogP contribution in [0.5, 0.6) is 0 Å². The molecule has 0 amide bonds. The zero-order chi connectivity index (χ0) is 21.3. The molecule has 160 valence electrons. The third-order valence-electron chi connectivity index (χ3n) is 5.26. The second-order valence-corrected chi connectivity index (χ2v) is 8.46. The van der Waals surface area contributed by atoms with Crippen LogP contribution in [-0.2, 0) is 27.4 Å². The van der Waals surface area contributed by atoms with Crippen LogP contribution in [0, 0.1) is 0 Å². The van der Waals surface area contributed by atoms with Gasteiger partial charge in [-0.3, -0.25) is 0 Å². The van der Waals surface area contributed by atoms with Crippen molar-refractivity contribution in [3.05, 3.63) is 107 Å². The van der Waals surface area contributed by atoms with Gasteiger partial charge in [-0.05, 0) is 41.2 Å². The van der Waals surface area contributed by atoms with Gasteiger partial charge in [0.15, 0.2) is 0 Å². The van der Waals surface area contributed by atoms with Crippen molar-refractivity contribution in [2.45, 2.75) is 36.7 Å². The summed E-state index contributed by atoms with van der Waals surface area (Å²) >= 11 is 1.74. The normalized spacial score (nSPS) is 19.5. The van der Waals surface area contributed by atoms with E-state index in [2.05, 4.69) is 60.9 Å². The van der Waals surface area contributed by atoms with Crippen molar-refractivity contribution in [2.75, 3.05) is 12.9 Å². The Balaban J connectivity index is 1.40. The number of thioether (sulfide) groups is 1. The average molecular weight is 433 g/mol. The standard InChI is InChI=1S/C27H28O3S/c1-31-25-14-12-21(13-15-25)16-24-17-26(29-19-23-10-6-3-7-11-23)27(30-24)20-28-18-22-8-4-2-5-9-22/h2-16,26-27H,17-20H2,1H3/b24-16-/t26-,27+/m0/s1. The zero-order valence-electron chi connectivity index (χ0n) is 17.8. The van der Waals surface area contributed by atoms with Crippen LogP contribution in [0.15, 0.2) is 95.6 Å². The maximum absolute atomic E-state index is 6.27. The smallest absolute Gasteiger partial charge is 0.148 e. The lowest BCUT2D eigenvalue weighted by Crippen LogP contribution is -2.29. The van der Waals surface area contributed by atoms with Gasteiger partial charge < -0.3 is 14.2 Å². The lowest BCUT2D eigenvalue weighted by molar-refractivity contribution is -0.0528. The molecule has 1 fully saturated rings. The Morgan fingerprint density at radius 2 is 1.52 bits per heavy atom. The van der Waals surface area contributed by atoms with E-state index in [9.17, 15) is 0 Å². The molecular formula is C27H28O3S. The summed E-state index contributed by atoms with van der Waals surface area (Å²) in [6, 6.07) is 29.0. The monoisotopic (exact) mass is 432 g/mol. The Bertz CT molecular complexity index is 955. The van der Waals surface area contributed by atoms with Crippen molar-refractivity contribution in [1.29, 1.82) is 0 Å².